The smallest absolute Gasteiger partial charge is 0.245 e. The molecule has 1 unspecified atom stereocenters. The van der Waals surface area contributed by atoms with Gasteiger partial charge in [-0.3, -0.25) is 9.59 Å². The van der Waals surface area contributed by atoms with E-state index >= 15 is 0 Å². The minimum absolute atomic E-state index is 0.146. The van der Waals surface area contributed by atoms with Gasteiger partial charge in [0, 0.05) is 13.1 Å². The van der Waals surface area contributed by atoms with Gasteiger partial charge in [0.1, 0.15) is 6.04 Å². The van der Waals surface area contributed by atoms with Crippen molar-refractivity contribution in [2.75, 3.05) is 19.6 Å². The molecule has 0 aromatic heterocycles. The monoisotopic (exact) mass is 250 g/mol. The molecule has 4 nitrogen and oxygen atoms in total. The molecular weight excluding hydrogens is 228 g/mol. The van der Waals surface area contributed by atoms with Gasteiger partial charge in [-0.05, 0) is 43.9 Å². The van der Waals surface area contributed by atoms with Gasteiger partial charge in [-0.15, -0.1) is 0 Å². The minimum atomic E-state index is -0.146. The van der Waals surface area contributed by atoms with Crippen LogP contribution in [0, 0.1) is 5.41 Å². The summed E-state index contributed by atoms with van der Waals surface area (Å²) in [6.07, 6.45) is 6.55. The van der Waals surface area contributed by atoms with Gasteiger partial charge in [0.15, 0.2) is 0 Å². The molecule has 0 bridgehead atoms. The Morgan fingerprint density at radius 1 is 1.28 bits per heavy atom. The normalized spacial score (nSPS) is 30.4. The fraction of sp³-hybridized carbons (Fsp3) is 0.857. The van der Waals surface area contributed by atoms with E-state index in [0.717, 1.165) is 38.8 Å². The van der Waals surface area contributed by atoms with Crippen LogP contribution in [0.2, 0.25) is 0 Å². The lowest BCUT2D eigenvalue weighted by Crippen LogP contribution is -2.61. The zero-order valence-corrected chi connectivity index (χ0v) is 11.2. The Balaban J connectivity index is 1.72. The van der Waals surface area contributed by atoms with Crippen LogP contribution < -0.4 is 0 Å². The van der Waals surface area contributed by atoms with Crippen LogP contribution in [0.3, 0.4) is 0 Å². The molecule has 0 N–H and O–H groups in total. The van der Waals surface area contributed by atoms with E-state index in [1.165, 1.54) is 12.8 Å². The second-order valence-corrected chi connectivity index (χ2v) is 6.15. The summed E-state index contributed by atoms with van der Waals surface area (Å²) in [7, 11) is 0. The van der Waals surface area contributed by atoms with Crippen molar-refractivity contribution in [3.05, 3.63) is 0 Å². The topological polar surface area (TPSA) is 40.6 Å². The van der Waals surface area contributed by atoms with Crippen LogP contribution in [-0.4, -0.2) is 47.3 Å². The predicted molar refractivity (Wildman–Crippen MR) is 67.9 cm³/mol. The van der Waals surface area contributed by atoms with Gasteiger partial charge in [0.2, 0.25) is 11.8 Å². The molecule has 0 radical (unpaired) electrons. The Morgan fingerprint density at radius 3 is 2.72 bits per heavy atom. The Bertz CT molecular complexity index is 376. The van der Waals surface area contributed by atoms with E-state index in [-0.39, 0.29) is 17.9 Å². The number of nitrogens with zero attached hydrogens (tertiary/aromatic N) is 2. The van der Waals surface area contributed by atoms with Crippen LogP contribution in [0.25, 0.3) is 0 Å². The number of hydrogen-bond donors (Lipinski definition) is 0. The molecule has 0 spiro atoms. The molecule has 3 fully saturated rings. The Morgan fingerprint density at radius 2 is 2.06 bits per heavy atom. The van der Waals surface area contributed by atoms with Crippen LogP contribution in [-0.2, 0) is 9.59 Å². The van der Waals surface area contributed by atoms with Gasteiger partial charge < -0.3 is 9.80 Å². The fourth-order valence-corrected chi connectivity index (χ4v) is 3.37. The van der Waals surface area contributed by atoms with Crippen LogP contribution >= 0.6 is 0 Å². The van der Waals surface area contributed by atoms with Crippen molar-refractivity contribution in [2.45, 2.75) is 51.5 Å². The molecule has 100 valence electrons. The first-order valence-electron chi connectivity index (χ1n) is 7.23. The van der Waals surface area contributed by atoms with Crippen molar-refractivity contribution < 1.29 is 9.59 Å². The number of piperazine rings is 1. The number of carbonyl (C=O) groups is 2. The molecular formula is C14H22N2O2. The van der Waals surface area contributed by atoms with Crippen LogP contribution in [0.4, 0.5) is 0 Å². The highest BCUT2D eigenvalue weighted by Crippen LogP contribution is 2.49. The van der Waals surface area contributed by atoms with E-state index in [4.69, 9.17) is 0 Å². The SMILES string of the molecule is CCC1(CN2CC(=O)N3CCCCC3C2=O)CC1. The van der Waals surface area contributed by atoms with E-state index in [9.17, 15) is 9.59 Å². The third kappa shape index (κ3) is 1.91. The van der Waals surface area contributed by atoms with E-state index in [2.05, 4.69) is 6.92 Å². The number of rotatable bonds is 3. The Labute approximate surface area is 108 Å². The molecule has 2 amide bonds. The average Bonchev–Trinajstić information content (AvgIpc) is 3.16. The van der Waals surface area contributed by atoms with Crippen molar-refractivity contribution in [3.63, 3.8) is 0 Å². The van der Waals surface area contributed by atoms with Crippen molar-refractivity contribution >= 4 is 11.8 Å². The van der Waals surface area contributed by atoms with Crippen LogP contribution in [0.1, 0.15) is 45.4 Å². The number of fused-ring (bicyclic) bond motifs is 1. The van der Waals surface area contributed by atoms with Crippen molar-refractivity contribution in [2.24, 2.45) is 5.41 Å². The summed E-state index contributed by atoms with van der Waals surface area (Å²) in [6.45, 7) is 4.09. The van der Waals surface area contributed by atoms with Gasteiger partial charge in [-0.1, -0.05) is 6.92 Å². The number of carbonyl (C=O) groups excluding carboxylic acids is 2. The number of piperidine rings is 1. The first kappa shape index (κ1) is 12.0. The first-order valence-corrected chi connectivity index (χ1v) is 7.23. The van der Waals surface area contributed by atoms with E-state index in [1.54, 1.807) is 0 Å². The molecule has 1 saturated carbocycles. The van der Waals surface area contributed by atoms with Gasteiger partial charge in [-0.25, -0.2) is 0 Å². The lowest BCUT2D eigenvalue weighted by Gasteiger charge is -2.43. The maximum absolute atomic E-state index is 12.5. The summed E-state index contributed by atoms with van der Waals surface area (Å²) in [5.74, 6) is 0.361. The largest absolute Gasteiger partial charge is 0.331 e. The van der Waals surface area contributed by atoms with E-state index in [0.29, 0.717) is 12.0 Å². The van der Waals surface area contributed by atoms with Crippen molar-refractivity contribution in [1.29, 1.82) is 0 Å². The fourth-order valence-electron chi connectivity index (χ4n) is 3.37. The second-order valence-electron chi connectivity index (χ2n) is 6.15. The van der Waals surface area contributed by atoms with Gasteiger partial charge >= 0.3 is 0 Å². The highest BCUT2D eigenvalue weighted by Gasteiger charge is 2.47. The van der Waals surface area contributed by atoms with Gasteiger partial charge in [0.25, 0.3) is 0 Å². The average molecular weight is 250 g/mol. The van der Waals surface area contributed by atoms with Gasteiger partial charge in [-0.2, -0.15) is 0 Å². The minimum Gasteiger partial charge on any atom is -0.331 e. The molecule has 4 heteroatoms. The molecule has 2 heterocycles. The standard InChI is InChI=1S/C14H22N2O2/c1-2-14(6-7-14)10-15-9-12(17)16-8-4-3-5-11(16)13(15)18/h11H,2-10H2,1H3. The molecule has 1 aliphatic carbocycles. The quantitative estimate of drug-likeness (QED) is 0.759. The summed E-state index contributed by atoms with van der Waals surface area (Å²) in [4.78, 5) is 28.2. The summed E-state index contributed by atoms with van der Waals surface area (Å²) in [5.41, 5.74) is 0.340. The molecule has 2 saturated heterocycles. The maximum atomic E-state index is 12.5. The molecule has 0 aromatic carbocycles. The van der Waals surface area contributed by atoms with Gasteiger partial charge in [0.05, 0.1) is 6.54 Å². The van der Waals surface area contributed by atoms with Crippen LogP contribution in [0.15, 0.2) is 0 Å². The van der Waals surface area contributed by atoms with Crippen molar-refractivity contribution in [1.82, 2.24) is 9.80 Å². The van der Waals surface area contributed by atoms with E-state index in [1.807, 2.05) is 9.80 Å². The summed E-state index contributed by atoms with van der Waals surface area (Å²) in [6, 6.07) is -0.146. The molecule has 1 atom stereocenters. The molecule has 3 aliphatic rings. The summed E-state index contributed by atoms with van der Waals surface area (Å²) in [5, 5.41) is 0. The van der Waals surface area contributed by atoms with Crippen molar-refractivity contribution in [3.8, 4) is 0 Å². The summed E-state index contributed by atoms with van der Waals surface area (Å²) < 4.78 is 0. The zero-order chi connectivity index (χ0) is 12.8. The zero-order valence-electron chi connectivity index (χ0n) is 11.2. The van der Waals surface area contributed by atoms with E-state index < -0.39 is 0 Å². The Hall–Kier alpha value is -1.06. The molecule has 0 aromatic rings. The highest BCUT2D eigenvalue weighted by atomic mass is 16.2. The Kier molecular flexibility index (Phi) is 2.83. The lowest BCUT2D eigenvalue weighted by molar-refractivity contribution is -0.158. The molecule has 18 heavy (non-hydrogen) atoms. The third-order valence-corrected chi connectivity index (χ3v) is 4.98. The third-order valence-electron chi connectivity index (χ3n) is 4.98. The summed E-state index contributed by atoms with van der Waals surface area (Å²) >= 11 is 0. The number of amides is 2. The predicted octanol–water partition coefficient (Wildman–Crippen LogP) is 1.40. The first-order chi connectivity index (χ1) is 8.65. The maximum Gasteiger partial charge on any atom is 0.245 e. The highest BCUT2D eigenvalue weighted by molar-refractivity contribution is 5.95. The number of hydrogen-bond acceptors (Lipinski definition) is 2. The lowest BCUT2D eigenvalue weighted by atomic mass is 9.96. The molecule has 3 rings (SSSR count). The van der Waals surface area contributed by atoms with Crippen LogP contribution in [0.5, 0.6) is 0 Å². The molecule has 2 aliphatic heterocycles. The second kappa shape index (κ2) is 4.25.